The summed E-state index contributed by atoms with van der Waals surface area (Å²) in [5, 5.41) is 7.54. The van der Waals surface area contributed by atoms with Crippen molar-refractivity contribution >= 4 is 32.3 Å². The topological polar surface area (TPSA) is 38.7 Å². The molecule has 0 unspecified atom stereocenters. The maximum absolute atomic E-state index is 5.02. The first-order chi connectivity index (χ1) is 16.9. The Morgan fingerprint density at radius 1 is 0.441 bits per heavy atom. The van der Waals surface area contributed by atoms with Crippen molar-refractivity contribution in [1.82, 2.24) is 15.0 Å². The third-order valence-corrected chi connectivity index (χ3v) is 6.64. The summed E-state index contributed by atoms with van der Waals surface area (Å²) in [5.41, 5.74) is 6.47. The van der Waals surface area contributed by atoms with Gasteiger partial charge in [-0.15, -0.1) is 0 Å². The quantitative estimate of drug-likeness (QED) is 0.267. The van der Waals surface area contributed by atoms with Crippen molar-refractivity contribution in [3.05, 3.63) is 116 Å². The second-order valence-electron chi connectivity index (χ2n) is 8.53. The Hall–Kier alpha value is -4.63. The Labute approximate surface area is 196 Å². The van der Waals surface area contributed by atoms with Gasteiger partial charge in [0, 0.05) is 41.5 Å². The molecule has 7 rings (SSSR count). The highest BCUT2D eigenvalue weighted by atomic mass is 14.7. The van der Waals surface area contributed by atoms with Crippen LogP contribution in [0.4, 0.5) is 0 Å². The van der Waals surface area contributed by atoms with Crippen molar-refractivity contribution in [2.75, 3.05) is 0 Å². The zero-order chi connectivity index (χ0) is 22.5. The summed E-state index contributed by atoms with van der Waals surface area (Å²) in [6.07, 6.45) is 7.37. The number of benzene rings is 4. The number of rotatable bonds is 3. The molecule has 3 heterocycles. The van der Waals surface area contributed by atoms with Crippen LogP contribution in [-0.4, -0.2) is 15.0 Å². The summed E-state index contributed by atoms with van der Waals surface area (Å²) in [4.78, 5) is 13.5. The second kappa shape index (κ2) is 7.46. The summed E-state index contributed by atoms with van der Waals surface area (Å²) >= 11 is 0. The average Bonchev–Trinajstić information content (AvgIpc) is 2.92. The van der Waals surface area contributed by atoms with Crippen LogP contribution in [0, 0.1) is 0 Å². The molecule has 0 saturated carbocycles. The molecule has 158 valence electrons. The maximum Gasteiger partial charge on any atom is 0.0715 e. The smallest absolute Gasteiger partial charge is 0.0715 e. The molecule has 0 N–H and O–H groups in total. The highest BCUT2D eigenvalue weighted by Crippen LogP contribution is 2.42. The molecule has 0 aliphatic heterocycles. The highest BCUT2D eigenvalue weighted by molar-refractivity contribution is 6.27. The van der Waals surface area contributed by atoms with Crippen molar-refractivity contribution in [2.45, 2.75) is 0 Å². The summed E-state index contributed by atoms with van der Waals surface area (Å²) < 4.78 is 0. The minimum atomic E-state index is 0.949. The molecule has 0 aliphatic rings. The van der Waals surface area contributed by atoms with E-state index in [0.717, 1.165) is 28.1 Å². The van der Waals surface area contributed by atoms with Crippen LogP contribution in [0.3, 0.4) is 0 Å². The second-order valence-corrected chi connectivity index (χ2v) is 8.53. The van der Waals surface area contributed by atoms with Crippen LogP contribution in [-0.2, 0) is 0 Å². The maximum atomic E-state index is 5.02. The fraction of sp³-hybridized carbons (Fsp3) is 0. The molecule has 34 heavy (non-hydrogen) atoms. The van der Waals surface area contributed by atoms with Crippen LogP contribution in [0.1, 0.15) is 0 Å². The molecule has 0 fully saturated rings. The van der Waals surface area contributed by atoms with Gasteiger partial charge in [0.25, 0.3) is 0 Å². The summed E-state index contributed by atoms with van der Waals surface area (Å²) in [7, 11) is 0. The van der Waals surface area contributed by atoms with E-state index in [1.54, 1.807) is 12.4 Å². The van der Waals surface area contributed by atoms with Gasteiger partial charge in [0.15, 0.2) is 0 Å². The Balaban J connectivity index is 1.51. The van der Waals surface area contributed by atoms with Gasteiger partial charge in [0.2, 0.25) is 0 Å². The van der Waals surface area contributed by atoms with Gasteiger partial charge >= 0.3 is 0 Å². The minimum absolute atomic E-state index is 0.949. The van der Waals surface area contributed by atoms with E-state index < -0.39 is 0 Å². The van der Waals surface area contributed by atoms with E-state index in [2.05, 4.69) is 82.8 Å². The van der Waals surface area contributed by atoms with Crippen molar-refractivity contribution in [3.63, 3.8) is 0 Å². The molecule has 4 aromatic carbocycles. The molecule has 3 nitrogen and oxygen atoms in total. The van der Waals surface area contributed by atoms with E-state index in [-0.39, 0.29) is 0 Å². The van der Waals surface area contributed by atoms with Gasteiger partial charge in [-0.05, 0) is 68.2 Å². The van der Waals surface area contributed by atoms with Gasteiger partial charge in [-0.3, -0.25) is 9.97 Å². The molecule has 0 spiro atoms. The number of hydrogen-bond acceptors (Lipinski definition) is 3. The van der Waals surface area contributed by atoms with Gasteiger partial charge in [-0.1, -0.05) is 60.7 Å². The molecule has 0 atom stereocenters. The lowest BCUT2D eigenvalue weighted by atomic mass is 9.88. The highest BCUT2D eigenvalue weighted by Gasteiger charge is 2.15. The van der Waals surface area contributed by atoms with Crippen LogP contribution < -0.4 is 0 Å². The van der Waals surface area contributed by atoms with E-state index in [0.29, 0.717) is 0 Å². The van der Waals surface area contributed by atoms with Crippen molar-refractivity contribution in [2.24, 2.45) is 0 Å². The van der Waals surface area contributed by atoms with E-state index in [1.165, 1.54) is 37.9 Å². The van der Waals surface area contributed by atoms with Gasteiger partial charge in [0.1, 0.15) is 0 Å². The summed E-state index contributed by atoms with van der Waals surface area (Å²) in [6, 6.07) is 32.1. The Morgan fingerprint density at radius 3 is 1.85 bits per heavy atom. The van der Waals surface area contributed by atoms with Crippen LogP contribution in [0.5, 0.6) is 0 Å². The lowest BCUT2D eigenvalue weighted by Crippen LogP contribution is -1.92. The zero-order valence-electron chi connectivity index (χ0n) is 18.3. The minimum Gasteiger partial charge on any atom is -0.265 e. The van der Waals surface area contributed by atoms with Gasteiger partial charge in [0.05, 0.1) is 11.4 Å². The number of pyridine rings is 3. The average molecular weight is 434 g/mol. The van der Waals surface area contributed by atoms with Crippen LogP contribution in [0.15, 0.2) is 116 Å². The van der Waals surface area contributed by atoms with Gasteiger partial charge in [-0.25, -0.2) is 4.98 Å². The summed E-state index contributed by atoms with van der Waals surface area (Å²) in [6.45, 7) is 0. The van der Waals surface area contributed by atoms with Crippen molar-refractivity contribution in [3.8, 4) is 33.6 Å². The zero-order valence-corrected chi connectivity index (χ0v) is 18.3. The SMILES string of the molecule is c1cncc(-c2ccc3ccc4c(-c5cccc(-c6ccncc6)n5)ccc5ccc2c3c54)c1. The third-order valence-electron chi connectivity index (χ3n) is 6.64. The van der Waals surface area contributed by atoms with Crippen LogP contribution >= 0.6 is 0 Å². The van der Waals surface area contributed by atoms with Crippen LogP contribution in [0.2, 0.25) is 0 Å². The number of aromatic nitrogens is 3. The Morgan fingerprint density at radius 2 is 1.12 bits per heavy atom. The predicted octanol–water partition coefficient (Wildman–Crippen LogP) is 7.77. The largest absolute Gasteiger partial charge is 0.265 e. The van der Waals surface area contributed by atoms with E-state index >= 15 is 0 Å². The van der Waals surface area contributed by atoms with E-state index in [1.807, 2.05) is 30.6 Å². The Kier molecular flexibility index (Phi) is 4.15. The molecular formula is C31H19N3. The van der Waals surface area contributed by atoms with Crippen molar-refractivity contribution < 1.29 is 0 Å². The van der Waals surface area contributed by atoms with Gasteiger partial charge < -0.3 is 0 Å². The normalized spacial score (nSPS) is 11.5. The lowest BCUT2D eigenvalue weighted by Gasteiger charge is -2.16. The monoisotopic (exact) mass is 433 g/mol. The molecule has 0 aliphatic carbocycles. The fourth-order valence-corrected chi connectivity index (χ4v) is 5.07. The number of hydrogen-bond donors (Lipinski definition) is 0. The third kappa shape index (κ3) is 2.87. The molecular weight excluding hydrogens is 414 g/mol. The predicted molar refractivity (Wildman–Crippen MR) is 140 cm³/mol. The van der Waals surface area contributed by atoms with E-state index in [4.69, 9.17) is 4.98 Å². The number of nitrogens with zero attached hydrogens (tertiary/aromatic N) is 3. The van der Waals surface area contributed by atoms with E-state index in [9.17, 15) is 0 Å². The first-order valence-corrected chi connectivity index (χ1v) is 11.4. The van der Waals surface area contributed by atoms with Crippen molar-refractivity contribution in [1.29, 1.82) is 0 Å². The molecule has 3 heteroatoms. The summed E-state index contributed by atoms with van der Waals surface area (Å²) in [5.74, 6) is 0. The molecule has 3 aromatic heterocycles. The lowest BCUT2D eigenvalue weighted by molar-refractivity contribution is 1.29. The first-order valence-electron chi connectivity index (χ1n) is 11.4. The first kappa shape index (κ1) is 18.9. The molecule has 0 radical (unpaired) electrons. The van der Waals surface area contributed by atoms with Crippen LogP contribution in [0.25, 0.3) is 66.0 Å². The molecule has 0 saturated heterocycles. The molecule has 0 amide bonds. The van der Waals surface area contributed by atoms with Gasteiger partial charge in [-0.2, -0.15) is 0 Å². The standard InChI is InChI=1S/C31H19N3/c1-4-28(20-14-17-32-18-15-20)34-29(5-1)25-11-7-22-8-12-26-24(23-3-2-16-33-19-23)10-6-21-9-13-27(25)31(22)30(21)26/h1-19H. The Bertz CT molecular complexity index is 1790. The molecule has 7 aromatic rings. The molecule has 0 bridgehead atoms. The fourth-order valence-electron chi connectivity index (χ4n) is 5.07.